The van der Waals surface area contributed by atoms with E-state index in [0.717, 1.165) is 17.8 Å². The van der Waals surface area contributed by atoms with E-state index in [1.165, 1.54) is 0 Å². The van der Waals surface area contributed by atoms with Crippen LogP contribution in [0.3, 0.4) is 0 Å². The first-order chi connectivity index (χ1) is 7.09. The zero-order valence-corrected chi connectivity index (χ0v) is 10.3. The van der Waals surface area contributed by atoms with Crippen molar-refractivity contribution in [1.29, 1.82) is 0 Å². The lowest BCUT2D eigenvalue weighted by Crippen LogP contribution is -2.29. The lowest BCUT2D eigenvalue weighted by atomic mass is 10.4. The van der Waals surface area contributed by atoms with Crippen LogP contribution in [0.25, 0.3) is 0 Å². The molecule has 0 N–H and O–H groups in total. The zero-order chi connectivity index (χ0) is 11.0. The van der Waals surface area contributed by atoms with Crippen LogP contribution in [0.5, 0.6) is 0 Å². The molecule has 1 aliphatic rings. The Labute approximate surface area is 96.8 Å². The number of alkyl halides is 1. The normalized spacial score (nSPS) is 21.1. The van der Waals surface area contributed by atoms with Gasteiger partial charge in [0.05, 0.1) is 22.4 Å². The number of anilines is 1. The summed E-state index contributed by atoms with van der Waals surface area (Å²) in [7, 11) is 0. The minimum absolute atomic E-state index is 0.0694. The van der Waals surface area contributed by atoms with Gasteiger partial charge in [0.2, 0.25) is 5.91 Å². The molecule has 0 aliphatic carbocycles. The molecule has 1 aromatic rings. The number of halogens is 1. The van der Waals surface area contributed by atoms with Crippen LogP contribution < -0.4 is 4.90 Å². The first-order valence-corrected chi connectivity index (χ1v) is 5.77. The van der Waals surface area contributed by atoms with Gasteiger partial charge in [-0.3, -0.25) is 14.7 Å². The van der Waals surface area contributed by atoms with Crippen LogP contribution >= 0.6 is 15.9 Å². The number of carbonyl (C=O) groups is 1. The molecule has 1 amide bonds. The molecule has 0 saturated carbocycles. The molecule has 0 spiro atoms. The third-order valence-electron chi connectivity index (χ3n) is 2.44. The number of amides is 1. The maximum Gasteiger partial charge on any atom is 0.242 e. The minimum Gasteiger partial charge on any atom is -0.294 e. The van der Waals surface area contributed by atoms with Crippen LogP contribution in [0.1, 0.15) is 17.8 Å². The molecule has 1 fully saturated rings. The Morgan fingerprint density at radius 1 is 1.53 bits per heavy atom. The predicted molar refractivity (Wildman–Crippen MR) is 61.2 cm³/mol. The van der Waals surface area contributed by atoms with Gasteiger partial charge >= 0.3 is 0 Å². The van der Waals surface area contributed by atoms with Gasteiger partial charge in [0.15, 0.2) is 5.82 Å². The highest BCUT2D eigenvalue weighted by Crippen LogP contribution is 2.25. The molecule has 1 atom stereocenters. The number of hydrogen-bond donors (Lipinski definition) is 0. The van der Waals surface area contributed by atoms with Crippen molar-refractivity contribution >= 4 is 27.7 Å². The van der Waals surface area contributed by atoms with E-state index in [4.69, 9.17) is 0 Å². The van der Waals surface area contributed by atoms with Gasteiger partial charge in [-0.15, -0.1) is 0 Å². The number of nitrogens with zero attached hydrogens (tertiary/aromatic N) is 3. The Hall–Kier alpha value is -0.970. The second-order valence-electron chi connectivity index (χ2n) is 3.67. The van der Waals surface area contributed by atoms with Crippen molar-refractivity contribution in [2.24, 2.45) is 0 Å². The second kappa shape index (κ2) is 3.89. The van der Waals surface area contributed by atoms with Crippen molar-refractivity contribution in [3.8, 4) is 0 Å². The van der Waals surface area contributed by atoms with Crippen molar-refractivity contribution < 1.29 is 4.79 Å². The highest BCUT2D eigenvalue weighted by molar-refractivity contribution is 9.10. The number of carbonyl (C=O) groups excluding carboxylic acids is 1. The van der Waals surface area contributed by atoms with Gasteiger partial charge in [-0.25, -0.2) is 4.98 Å². The third-order valence-corrected chi connectivity index (χ3v) is 3.29. The SMILES string of the molecule is Cc1cnc(N2CCC(Br)C2=O)c(C)n1. The molecule has 5 heteroatoms. The largest absolute Gasteiger partial charge is 0.294 e. The second-order valence-corrected chi connectivity index (χ2v) is 4.77. The molecule has 0 aromatic carbocycles. The summed E-state index contributed by atoms with van der Waals surface area (Å²) >= 11 is 3.34. The van der Waals surface area contributed by atoms with Crippen LogP contribution in [0.4, 0.5) is 5.82 Å². The quantitative estimate of drug-likeness (QED) is 0.728. The monoisotopic (exact) mass is 269 g/mol. The molecule has 4 nitrogen and oxygen atoms in total. The predicted octanol–water partition coefficient (Wildman–Crippen LogP) is 1.59. The summed E-state index contributed by atoms with van der Waals surface area (Å²) in [5.41, 5.74) is 1.68. The Morgan fingerprint density at radius 3 is 2.80 bits per heavy atom. The highest BCUT2D eigenvalue weighted by atomic mass is 79.9. The maximum atomic E-state index is 11.8. The Morgan fingerprint density at radius 2 is 2.27 bits per heavy atom. The fraction of sp³-hybridized carbons (Fsp3) is 0.500. The first kappa shape index (κ1) is 10.5. The molecule has 1 unspecified atom stereocenters. The van der Waals surface area contributed by atoms with E-state index in [1.807, 2.05) is 13.8 Å². The topological polar surface area (TPSA) is 46.1 Å². The number of aryl methyl sites for hydroxylation is 2. The van der Waals surface area contributed by atoms with Gasteiger partial charge in [0.1, 0.15) is 0 Å². The molecule has 1 saturated heterocycles. The molecule has 0 bridgehead atoms. The molecule has 1 aliphatic heterocycles. The Balaban J connectivity index is 2.34. The minimum atomic E-state index is -0.0694. The molecule has 0 radical (unpaired) electrons. The van der Waals surface area contributed by atoms with Crippen molar-refractivity contribution in [1.82, 2.24) is 9.97 Å². The van der Waals surface area contributed by atoms with E-state index < -0.39 is 0 Å². The van der Waals surface area contributed by atoms with Crippen LogP contribution in [0.15, 0.2) is 6.20 Å². The summed E-state index contributed by atoms with van der Waals surface area (Å²) in [6, 6.07) is 0. The highest BCUT2D eigenvalue weighted by Gasteiger charge is 2.32. The van der Waals surface area contributed by atoms with Gasteiger partial charge in [0, 0.05) is 6.54 Å². The first-order valence-electron chi connectivity index (χ1n) is 4.85. The van der Waals surface area contributed by atoms with Crippen molar-refractivity contribution in [3.05, 3.63) is 17.6 Å². The number of hydrogen-bond acceptors (Lipinski definition) is 3. The lowest BCUT2D eigenvalue weighted by Gasteiger charge is -2.16. The van der Waals surface area contributed by atoms with E-state index in [2.05, 4.69) is 25.9 Å². The van der Waals surface area contributed by atoms with Gasteiger partial charge in [-0.1, -0.05) is 15.9 Å². The summed E-state index contributed by atoms with van der Waals surface area (Å²) in [6.45, 7) is 4.49. The smallest absolute Gasteiger partial charge is 0.242 e. The standard InChI is InChI=1S/C10H12BrN3O/c1-6-5-12-9(7(2)13-6)14-4-3-8(11)10(14)15/h5,8H,3-4H2,1-2H3. The van der Waals surface area contributed by atoms with Gasteiger partial charge < -0.3 is 0 Å². The molecular formula is C10H12BrN3O. The van der Waals surface area contributed by atoms with E-state index in [0.29, 0.717) is 12.4 Å². The van der Waals surface area contributed by atoms with Crippen molar-refractivity contribution in [2.75, 3.05) is 11.4 Å². The Kier molecular flexibility index (Phi) is 2.73. The van der Waals surface area contributed by atoms with Gasteiger partial charge in [0.25, 0.3) is 0 Å². The number of aromatic nitrogens is 2. The van der Waals surface area contributed by atoms with Crippen LogP contribution in [-0.2, 0) is 4.79 Å². The average molecular weight is 270 g/mol. The van der Waals surface area contributed by atoms with E-state index in [1.54, 1.807) is 11.1 Å². The molecule has 80 valence electrons. The summed E-state index contributed by atoms with van der Waals surface area (Å²) in [4.78, 5) is 22.0. The van der Waals surface area contributed by atoms with E-state index in [-0.39, 0.29) is 10.7 Å². The number of rotatable bonds is 1. The van der Waals surface area contributed by atoms with E-state index in [9.17, 15) is 4.79 Å². The van der Waals surface area contributed by atoms with Gasteiger partial charge in [-0.2, -0.15) is 0 Å². The molecule has 2 heterocycles. The molecule has 2 rings (SSSR count). The summed E-state index contributed by atoms with van der Waals surface area (Å²) < 4.78 is 0. The lowest BCUT2D eigenvalue weighted by molar-refractivity contribution is -0.116. The zero-order valence-electron chi connectivity index (χ0n) is 8.70. The maximum absolute atomic E-state index is 11.8. The van der Waals surface area contributed by atoms with Crippen LogP contribution in [0, 0.1) is 13.8 Å². The molecule has 1 aromatic heterocycles. The van der Waals surface area contributed by atoms with Crippen molar-refractivity contribution in [3.63, 3.8) is 0 Å². The Bertz CT molecular complexity index is 408. The van der Waals surface area contributed by atoms with Crippen LogP contribution in [-0.4, -0.2) is 27.2 Å². The third kappa shape index (κ3) is 1.88. The summed E-state index contributed by atoms with van der Waals surface area (Å²) in [6.07, 6.45) is 2.52. The summed E-state index contributed by atoms with van der Waals surface area (Å²) in [5, 5.41) is 0. The molecule has 15 heavy (non-hydrogen) atoms. The van der Waals surface area contributed by atoms with E-state index >= 15 is 0 Å². The van der Waals surface area contributed by atoms with Crippen LogP contribution in [0.2, 0.25) is 0 Å². The van der Waals surface area contributed by atoms with Crippen molar-refractivity contribution in [2.45, 2.75) is 25.1 Å². The average Bonchev–Trinajstić information content (AvgIpc) is 2.49. The van der Waals surface area contributed by atoms with Gasteiger partial charge in [-0.05, 0) is 20.3 Å². The fourth-order valence-corrected chi connectivity index (χ4v) is 2.16. The fourth-order valence-electron chi connectivity index (χ4n) is 1.71. The molecular weight excluding hydrogens is 258 g/mol. The summed E-state index contributed by atoms with van der Waals surface area (Å²) in [5.74, 6) is 0.767.